The van der Waals surface area contributed by atoms with E-state index < -0.39 is 0 Å². The molecule has 4 nitrogen and oxygen atoms in total. The number of para-hydroxylation sites is 1. The standard InChI is InChI=1S/C18H27N3O/c19-17-9-4-6-15(17)14-18(22)21-11-5-10-20(12-13-21)16-7-2-1-3-8-16/h1-3,7-8,15,17H,4-6,9-14,19H2/t15-,17+/m0/s1. The third-order valence-corrected chi connectivity index (χ3v) is 5.12. The Hall–Kier alpha value is -1.55. The fourth-order valence-electron chi connectivity index (χ4n) is 3.74. The summed E-state index contributed by atoms with van der Waals surface area (Å²) in [6.45, 7) is 3.66. The number of nitrogens with zero attached hydrogens (tertiary/aromatic N) is 2. The molecule has 2 aliphatic rings. The van der Waals surface area contributed by atoms with Crippen molar-refractivity contribution >= 4 is 11.6 Å². The van der Waals surface area contributed by atoms with E-state index in [0.717, 1.165) is 45.4 Å². The van der Waals surface area contributed by atoms with Crippen LogP contribution in [0.5, 0.6) is 0 Å². The number of rotatable bonds is 3. The summed E-state index contributed by atoms with van der Waals surface area (Å²) >= 11 is 0. The molecule has 0 spiro atoms. The molecule has 1 saturated heterocycles. The molecule has 1 aliphatic heterocycles. The SMILES string of the molecule is N[C@@H]1CCC[C@H]1CC(=O)N1CCCN(c2ccccc2)CC1. The summed E-state index contributed by atoms with van der Waals surface area (Å²) in [6.07, 6.45) is 5.07. The Morgan fingerprint density at radius 3 is 2.59 bits per heavy atom. The normalized spacial score (nSPS) is 26.0. The summed E-state index contributed by atoms with van der Waals surface area (Å²) < 4.78 is 0. The molecule has 0 unspecified atom stereocenters. The number of anilines is 1. The fraction of sp³-hybridized carbons (Fsp3) is 0.611. The zero-order valence-electron chi connectivity index (χ0n) is 13.3. The van der Waals surface area contributed by atoms with Crippen LogP contribution in [0.3, 0.4) is 0 Å². The first-order valence-electron chi connectivity index (χ1n) is 8.57. The van der Waals surface area contributed by atoms with E-state index in [1.807, 2.05) is 11.0 Å². The molecule has 1 saturated carbocycles. The zero-order valence-corrected chi connectivity index (χ0v) is 13.3. The van der Waals surface area contributed by atoms with Gasteiger partial charge in [0.15, 0.2) is 0 Å². The lowest BCUT2D eigenvalue weighted by molar-refractivity contribution is -0.132. The first-order chi connectivity index (χ1) is 10.7. The Bertz CT molecular complexity index is 490. The molecule has 0 aromatic heterocycles. The molecular formula is C18H27N3O. The van der Waals surface area contributed by atoms with Crippen molar-refractivity contribution in [2.75, 3.05) is 31.1 Å². The molecule has 1 amide bonds. The van der Waals surface area contributed by atoms with Gasteiger partial charge in [-0.1, -0.05) is 24.6 Å². The van der Waals surface area contributed by atoms with Gasteiger partial charge in [0.05, 0.1) is 0 Å². The van der Waals surface area contributed by atoms with Gasteiger partial charge < -0.3 is 15.5 Å². The second kappa shape index (κ2) is 7.14. The Balaban J connectivity index is 1.54. The summed E-state index contributed by atoms with van der Waals surface area (Å²) in [5.41, 5.74) is 7.37. The molecule has 0 radical (unpaired) electrons. The lowest BCUT2D eigenvalue weighted by Crippen LogP contribution is -2.37. The van der Waals surface area contributed by atoms with Gasteiger partial charge >= 0.3 is 0 Å². The van der Waals surface area contributed by atoms with E-state index in [4.69, 9.17) is 5.73 Å². The molecule has 1 heterocycles. The van der Waals surface area contributed by atoms with Crippen LogP contribution < -0.4 is 10.6 Å². The molecule has 2 atom stereocenters. The van der Waals surface area contributed by atoms with E-state index >= 15 is 0 Å². The molecule has 1 aromatic rings. The number of carbonyl (C=O) groups excluding carboxylic acids is 1. The van der Waals surface area contributed by atoms with Gasteiger partial charge in [-0.05, 0) is 37.3 Å². The Morgan fingerprint density at radius 2 is 1.86 bits per heavy atom. The molecule has 22 heavy (non-hydrogen) atoms. The molecular weight excluding hydrogens is 274 g/mol. The average molecular weight is 301 g/mol. The highest BCUT2D eigenvalue weighted by molar-refractivity contribution is 5.76. The Labute approximate surface area is 133 Å². The third-order valence-electron chi connectivity index (χ3n) is 5.12. The van der Waals surface area contributed by atoms with Crippen LogP contribution >= 0.6 is 0 Å². The summed E-state index contributed by atoms with van der Waals surface area (Å²) in [6, 6.07) is 10.7. The van der Waals surface area contributed by atoms with Crippen LogP contribution in [0.15, 0.2) is 30.3 Å². The molecule has 120 valence electrons. The number of hydrogen-bond donors (Lipinski definition) is 1. The highest BCUT2D eigenvalue weighted by Gasteiger charge is 2.28. The second-order valence-corrected chi connectivity index (χ2v) is 6.62. The average Bonchev–Trinajstić information content (AvgIpc) is 2.80. The summed E-state index contributed by atoms with van der Waals surface area (Å²) in [5, 5.41) is 0. The lowest BCUT2D eigenvalue weighted by atomic mass is 9.99. The monoisotopic (exact) mass is 301 g/mol. The molecule has 2 fully saturated rings. The number of nitrogens with two attached hydrogens (primary N) is 1. The first kappa shape index (κ1) is 15.3. The van der Waals surface area contributed by atoms with Crippen molar-refractivity contribution < 1.29 is 4.79 Å². The molecule has 1 aliphatic carbocycles. The third kappa shape index (κ3) is 3.61. The van der Waals surface area contributed by atoms with Crippen molar-refractivity contribution in [1.29, 1.82) is 0 Å². The van der Waals surface area contributed by atoms with Gasteiger partial charge in [0, 0.05) is 44.3 Å². The van der Waals surface area contributed by atoms with Crippen molar-refractivity contribution in [2.24, 2.45) is 11.7 Å². The van der Waals surface area contributed by atoms with Crippen LogP contribution in [-0.4, -0.2) is 43.0 Å². The number of benzene rings is 1. The van der Waals surface area contributed by atoms with Crippen LogP contribution in [0, 0.1) is 5.92 Å². The van der Waals surface area contributed by atoms with Crippen LogP contribution in [0.25, 0.3) is 0 Å². The maximum absolute atomic E-state index is 12.5. The van der Waals surface area contributed by atoms with Crippen molar-refractivity contribution in [3.63, 3.8) is 0 Å². The fourth-order valence-corrected chi connectivity index (χ4v) is 3.74. The van der Waals surface area contributed by atoms with Gasteiger partial charge in [-0.25, -0.2) is 0 Å². The van der Waals surface area contributed by atoms with Crippen LogP contribution in [0.1, 0.15) is 32.1 Å². The summed E-state index contributed by atoms with van der Waals surface area (Å²) in [5.74, 6) is 0.707. The van der Waals surface area contributed by atoms with Crippen LogP contribution in [-0.2, 0) is 4.79 Å². The Morgan fingerprint density at radius 1 is 1.05 bits per heavy atom. The predicted molar refractivity (Wildman–Crippen MR) is 89.8 cm³/mol. The van der Waals surface area contributed by atoms with Gasteiger partial charge in [0.25, 0.3) is 0 Å². The largest absolute Gasteiger partial charge is 0.370 e. The van der Waals surface area contributed by atoms with Gasteiger partial charge in [-0.3, -0.25) is 4.79 Å². The topological polar surface area (TPSA) is 49.6 Å². The number of carbonyl (C=O) groups is 1. The summed E-state index contributed by atoms with van der Waals surface area (Å²) in [7, 11) is 0. The maximum Gasteiger partial charge on any atom is 0.222 e. The minimum atomic E-state index is 0.233. The molecule has 4 heteroatoms. The van der Waals surface area contributed by atoms with E-state index in [0.29, 0.717) is 18.2 Å². The van der Waals surface area contributed by atoms with Crippen LogP contribution in [0.2, 0.25) is 0 Å². The highest BCUT2D eigenvalue weighted by atomic mass is 16.2. The lowest BCUT2D eigenvalue weighted by Gasteiger charge is -2.25. The minimum Gasteiger partial charge on any atom is -0.370 e. The highest BCUT2D eigenvalue weighted by Crippen LogP contribution is 2.27. The van der Waals surface area contributed by atoms with E-state index in [1.54, 1.807) is 0 Å². The first-order valence-corrected chi connectivity index (χ1v) is 8.57. The summed E-state index contributed by atoms with van der Waals surface area (Å²) in [4.78, 5) is 17.0. The molecule has 0 bridgehead atoms. The van der Waals surface area contributed by atoms with Gasteiger partial charge in [0.2, 0.25) is 5.91 Å². The van der Waals surface area contributed by atoms with E-state index in [1.165, 1.54) is 12.1 Å². The Kier molecular flexibility index (Phi) is 4.98. The van der Waals surface area contributed by atoms with E-state index in [9.17, 15) is 4.79 Å². The number of hydrogen-bond acceptors (Lipinski definition) is 3. The molecule has 3 rings (SSSR count). The van der Waals surface area contributed by atoms with E-state index in [2.05, 4.69) is 29.2 Å². The van der Waals surface area contributed by atoms with Crippen LogP contribution in [0.4, 0.5) is 5.69 Å². The zero-order chi connectivity index (χ0) is 15.4. The quantitative estimate of drug-likeness (QED) is 0.931. The van der Waals surface area contributed by atoms with Gasteiger partial charge in [-0.2, -0.15) is 0 Å². The smallest absolute Gasteiger partial charge is 0.222 e. The van der Waals surface area contributed by atoms with Crippen molar-refractivity contribution in [1.82, 2.24) is 4.90 Å². The minimum absolute atomic E-state index is 0.233. The van der Waals surface area contributed by atoms with Crippen molar-refractivity contribution in [3.8, 4) is 0 Å². The van der Waals surface area contributed by atoms with Gasteiger partial charge in [-0.15, -0.1) is 0 Å². The molecule has 1 aromatic carbocycles. The molecule has 2 N–H and O–H groups in total. The number of amides is 1. The predicted octanol–water partition coefficient (Wildman–Crippen LogP) is 2.24. The maximum atomic E-state index is 12.5. The van der Waals surface area contributed by atoms with Crippen molar-refractivity contribution in [3.05, 3.63) is 30.3 Å². The van der Waals surface area contributed by atoms with E-state index in [-0.39, 0.29) is 6.04 Å². The van der Waals surface area contributed by atoms with Gasteiger partial charge in [0.1, 0.15) is 0 Å². The second-order valence-electron chi connectivity index (χ2n) is 6.62. The van der Waals surface area contributed by atoms with Crippen molar-refractivity contribution in [2.45, 2.75) is 38.1 Å².